The summed E-state index contributed by atoms with van der Waals surface area (Å²) in [4.78, 5) is 12.2. The zero-order valence-corrected chi connectivity index (χ0v) is 13.7. The van der Waals surface area contributed by atoms with E-state index in [0.717, 1.165) is 16.9 Å². The largest absolute Gasteiger partial charge is 0.494 e. The fraction of sp³-hybridized carbons (Fsp3) is 0.278. The van der Waals surface area contributed by atoms with Crippen LogP contribution in [0.2, 0.25) is 5.02 Å². The van der Waals surface area contributed by atoms with E-state index in [2.05, 4.69) is 5.32 Å². The first-order valence-electron chi connectivity index (χ1n) is 7.49. The van der Waals surface area contributed by atoms with Gasteiger partial charge in [0.15, 0.2) is 0 Å². The number of hydrogen-bond donors (Lipinski definition) is 2. The van der Waals surface area contributed by atoms with Gasteiger partial charge in [-0.15, -0.1) is 0 Å². The Labute approximate surface area is 141 Å². The van der Waals surface area contributed by atoms with Gasteiger partial charge in [-0.2, -0.15) is 0 Å². The summed E-state index contributed by atoms with van der Waals surface area (Å²) in [5.74, 6) is 0.634. The molecule has 0 aliphatic heterocycles. The molecule has 0 heterocycles. The van der Waals surface area contributed by atoms with Crippen molar-refractivity contribution in [3.63, 3.8) is 0 Å². The second-order valence-corrected chi connectivity index (χ2v) is 5.54. The molecule has 4 nitrogen and oxygen atoms in total. The van der Waals surface area contributed by atoms with Gasteiger partial charge in [0.25, 0.3) is 0 Å². The summed E-state index contributed by atoms with van der Waals surface area (Å²) in [5.41, 5.74) is 1.70. The molecule has 0 spiro atoms. The molecule has 5 heteroatoms. The van der Waals surface area contributed by atoms with Crippen molar-refractivity contribution in [2.24, 2.45) is 0 Å². The van der Waals surface area contributed by atoms with Crippen LogP contribution in [0, 0.1) is 0 Å². The van der Waals surface area contributed by atoms with Crippen LogP contribution in [0.4, 0.5) is 0 Å². The van der Waals surface area contributed by atoms with Crippen molar-refractivity contribution in [2.75, 3.05) is 13.2 Å². The molecule has 0 saturated carbocycles. The minimum atomic E-state index is -0.442. The van der Waals surface area contributed by atoms with Crippen LogP contribution in [0.25, 0.3) is 0 Å². The molecule has 0 aliphatic rings. The maximum absolute atomic E-state index is 12.2. The van der Waals surface area contributed by atoms with Crippen LogP contribution in [-0.2, 0) is 11.2 Å². The van der Waals surface area contributed by atoms with Crippen LogP contribution < -0.4 is 10.1 Å². The lowest BCUT2D eigenvalue weighted by molar-refractivity contribution is -0.121. The standard InChI is InChI=1S/C18H20ClNO3/c1-2-23-16-9-3-13(4-10-16)11-18(22)20-17(12-21)14-5-7-15(19)8-6-14/h3-10,17,21H,2,11-12H2,1H3,(H,20,22). The van der Waals surface area contributed by atoms with Crippen molar-refractivity contribution in [3.8, 4) is 5.75 Å². The Bertz CT molecular complexity index is 626. The molecular weight excluding hydrogens is 314 g/mol. The van der Waals surface area contributed by atoms with Crippen LogP contribution >= 0.6 is 11.6 Å². The molecule has 1 unspecified atom stereocenters. The van der Waals surface area contributed by atoms with E-state index < -0.39 is 6.04 Å². The van der Waals surface area contributed by atoms with Gasteiger partial charge in [0.05, 0.1) is 25.7 Å². The van der Waals surface area contributed by atoms with E-state index in [1.54, 1.807) is 24.3 Å². The number of rotatable bonds is 7. The Balaban J connectivity index is 1.95. The van der Waals surface area contributed by atoms with Crippen LogP contribution in [0.5, 0.6) is 5.75 Å². The van der Waals surface area contributed by atoms with Gasteiger partial charge in [-0.25, -0.2) is 0 Å². The summed E-state index contributed by atoms with van der Waals surface area (Å²) in [6.45, 7) is 2.36. The van der Waals surface area contributed by atoms with E-state index in [0.29, 0.717) is 11.6 Å². The Kier molecular flexibility index (Phi) is 6.44. The number of carbonyl (C=O) groups is 1. The van der Waals surface area contributed by atoms with Crippen LogP contribution in [-0.4, -0.2) is 24.2 Å². The van der Waals surface area contributed by atoms with Crippen LogP contribution in [0.3, 0.4) is 0 Å². The minimum absolute atomic E-state index is 0.150. The Hall–Kier alpha value is -2.04. The lowest BCUT2D eigenvalue weighted by atomic mass is 10.1. The second kappa shape index (κ2) is 8.56. The molecule has 0 saturated heterocycles. The molecule has 23 heavy (non-hydrogen) atoms. The van der Waals surface area contributed by atoms with E-state index in [1.165, 1.54) is 0 Å². The molecule has 2 rings (SSSR count). The zero-order valence-electron chi connectivity index (χ0n) is 13.0. The van der Waals surface area contributed by atoms with Crippen molar-refractivity contribution < 1.29 is 14.6 Å². The first-order valence-corrected chi connectivity index (χ1v) is 7.87. The third-order valence-electron chi connectivity index (χ3n) is 3.39. The van der Waals surface area contributed by atoms with Gasteiger partial charge in [0.1, 0.15) is 5.75 Å². The molecule has 2 aromatic rings. The summed E-state index contributed by atoms with van der Waals surface area (Å²) in [5, 5.41) is 12.9. The molecule has 0 radical (unpaired) electrons. The van der Waals surface area contributed by atoms with Crippen molar-refractivity contribution in [2.45, 2.75) is 19.4 Å². The normalized spacial score (nSPS) is 11.8. The number of hydrogen-bond acceptors (Lipinski definition) is 3. The van der Waals surface area contributed by atoms with Gasteiger partial charge < -0.3 is 15.2 Å². The van der Waals surface area contributed by atoms with E-state index in [4.69, 9.17) is 16.3 Å². The van der Waals surface area contributed by atoms with E-state index in [1.807, 2.05) is 31.2 Å². The average Bonchev–Trinajstić information content (AvgIpc) is 2.56. The van der Waals surface area contributed by atoms with Gasteiger partial charge >= 0.3 is 0 Å². The molecule has 0 aliphatic carbocycles. The predicted octanol–water partition coefficient (Wildman–Crippen LogP) is 3.13. The van der Waals surface area contributed by atoms with Crippen LogP contribution in [0.1, 0.15) is 24.1 Å². The van der Waals surface area contributed by atoms with Gasteiger partial charge in [-0.05, 0) is 42.3 Å². The summed E-state index contributed by atoms with van der Waals surface area (Å²) in [6.07, 6.45) is 0.247. The number of ether oxygens (including phenoxy) is 1. The third kappa shape index (κ3) is 5.27. The van der Waals surface area contributed by atoms with Gasteiger partial charge in [0, 0.05) is 5.02 Å². The molecule has 1 atom stereocenters. The topological polar surface area (TPSA) is 58.6 Å². The molecular formula is C18H20ClNO3. The Morgan fingerprint density at radius 3 is 2.39 bits per heavy atom. The number of halogens is 1. The quantitative estimate of drug-likeness (QED) is 0.818. The van der Waals surface area contributed by atoms with E-state index >= 15 is 0 Å². The SMILES string of the molecule is CCOc1ccc(CC(=O)NC(CO)c2ccc(Cl)cc2)cc1. The number of carbonyl (C=O) groups excluding carboxylic acids is 1. The molecule has 0 aromatic heterocycles. The fourth-order valence-electron chi connectivity index (χ4n) is 2.23. The number of nitrogens with one attached hydrogen (secondary N) is 1. The summed E-state index contributed by atoms with van der Waals surface area (Å²) in [7, 11) is 0. The van der Waals surface area contributed by atoms with Crippen molar-refractivity contribution in [1.29, 1.82) is 0 Å². The lowest BCUT2D eigenvalue weighted by Crippen LogP contribution is -2.31. The van der Waals surface area contributed by atoms with Gasteiger partial charge in [-0.3, -0.25) is 4.79 Å². The monoisotopic (exact) mass is 333 g/mol. The lowest BCUT2D eigenvalue weighted by Gasteiger charge is -2.17. The summed E-state index contributed by atoms with van der Waals surface area (Å²) < 4.78 is 5.37. The highest BCUT2D eigenvalue weighted by molar-refractivity contribution is 6.30. The minimum Gasteiger partial charge on any atom is -0.494 e. The molecule has 122 valence electrons. The van der Waals surface area contributed by atoms with Gasteiger partial charge in [0.2, 0.25) is 5.91 Å². The maximum atomic E-state index is 12.2. The van der Waals surface area contributed by atoms with Gasteiger partial charge in [-0.1, -0.05) is 35.9 Å². The second-order valence-electron chi connectivity index (χ2n) is 5.11. The molecule has 0 bridgehead atoms. The number of aliphatic hydroxyl groups excluding tert-OH is 1. The predicted molar refractivity (Wildman–Crippen MR) is 90.7 cm³/mol. The Morgan fingerprint density at radius 2 is 1.83 bits per heavy atom. The third-order valence-corrected chi connectivity index (χ3v) is 3.64. The summed E-state index contributed by atoms with van der Waals surface area (Å²) in [6, 6.07) is 14.0. The fourth-order valence-corrected chi connectivity index (χ4v) is 2.36. The zero-order chi connectivity index (χ0) is 16.7. The smallest absolute Gasteiger partial charge is 0.224 e. The van der Waals surface area contributed by atoms with E-state index in [-0.39, 0.29) is 18.9 Å². The Morgan fingerprint density at radius 1 is 1.17 bits per heavy atom. The maximum Gasteiger partial charge on any atom is 0.224 e. The number of amides is 1. The van der Waals surface area contributed by atoms with E-state index in [9.17, 15) is 9.90 Å². The molecule has 2 N–H and O–H groups in total. The van der Waals surface area contributed by atoms with Crippen molar-refractivity contribution in [1.82, 2.24) is 5.32 Å². The first-order chi connectivity index (χ1) is 11.1. The number of aliphatic hydroxyl groups is 1. The molecule has 0 fully saturated rings. The van der Waals surface area contributed by atoms with Crippen molar-refractivity contribution >= 4 is 17.5 Å². The highest BCUT2D eigenvalue weighted by Gasteiger charge is 2.14. The first kappa shape index (κ1) is 17.3. The highest BCUT2D eigenvalue weighted by Crippen LogP contribution is 2.17. The average molecular weight is 334 g/mol. The van der Waals surface area contributed by atoms with Crippen molar-refractivity contribution in [3.05, 3.63) is 64.7 Å². The highest BCUT2D eigenvalue weighted by atomic mass is 35.5. The van der Waals surface area contributed by atoms with Crippen LogP contribution in [0.15, 0.2) is 48.5 Å². The molecule has 1 amide bonds. The molecule has 2 aromatic carbocycles. The number of benzene rings is 2. The summed E-state index contributed by atoms with van der Waals surface area (Å²) >= 11 is 5.85.